The third-order valence-electron chi connectivity index (χ3n) is 2.57. The Labute approximate surface area is 133 Å². The number of halogens is 1. The number of allylic oxidation sites excluding steroid dienone is 1. The summed E-state index contributed by atoms with van der Waals surface area (Å²) < 4.78 is 7.45. The number of hydrogen-bond acceptors (Lipinski definition) is 2. The Kier molecular flexibility index (Phi) is 5.67. The van der Waals surface area contributed by atoms with Crippen LogP contribution in [0.1, 0.15) is 5.56 Å². The van der Waals surface area contributed by atoms with Crippen LogP contribution in [0.15, 0.2) is 60.7 Å². The van der Waals surface area contributed by atoms with Crippen LogP contribution in [0, 0.1) is 0 Å². The molecule has 4 heteroatoms. The van der Waals surface area contributed by atoms with Gasteiger partial charge in [0.05, 0.1) is 0 Å². The first-order chi connectivity index (χ1) is 9.69. The average Bonchev–Trinajstić information content (AvgIpc) is 2.47. The minimum atomic E-state index is -0.703. The fraction of sp³-hybridized carbons (Fsp3) is 0.0625. The van der Waals surface area contributed by atoms with Gasteiger partial charge in [-0.15, -0.1) is 0 Å². The Hall–Kier alpha value is -1.27. The average molecular weight is 400 g/mol. The number of methoxy groups -OCH3 is 1. The van der Waals surface area contributed by atoms with E-state index in [1.807, 2.05) is 48.5 Å². The van der Waals surface area contributed by atoms with Crippen LogP contribution >= 0.6 is 11.6 Å². The van der Waals surface area contributed by atoms with Crippen LogP contribution < -0.4 is 8.35 Å². The van der Waals surface area contributed by atoms with Crippen molar-refractivity contribution >= 4 is 45.0 Å². The van der Waals surface area contributed by atoms with E-state index >= 15 is 0 Å². The number of ether oxygens (including phenoxy) is 1. The summed E-state index contributed by atoms with van der Waals surface area (Å²) in [6.07, 6.45) is 1.53. The zero-order chi connectivity index (χ0) is 14.4. The van der Waals surface area contributed by atoms with Crippen LogP contribution in [0.4, 0.5) is 0 Å². The van der Waals surface area contributed by atoms with Crippen molar-refractivity contribution in [1.29, 1.82) is 0 Å². The molecule has 0 atom stereocenters. The molecule has 0 saturated carbocycles. The van der Waals surface area contributed by atoms with Crippen LogP contribution in [0.3, 0.4) is 0 Å². The zero-order valence-electron chi connectivity index (χ0n) is 10.9. The SMILES string of the molecule is COc1cccc([Te]/C(=C\C(=O)Cl)c2ccccc2)c1. The van der Waals surface area contributed by atoms with Gasteiger partial charge in [-0.3, -0.25) is 0 Å². The van der Waals surface area contributed by atoms with E-state index in [-0.39, 0.29) is 0 Å². The summed E-state index contributed by atoms with van der Waals surface area (Å²) in [7, 11) is 1.65. The van der Waals surface area contributed by atoms with Crippen molar-refractivity contribution in [3.63, 3.8) is 0 Å². The summed E-state index contributed by atoms with van der Waals surface area (Å²) in [6, 6.07) is 17.8. The van der Waals surface area contributed by atoms with Crippen molar-refractivity contribution in [2.45, 2.75) is 0 Å². The monoisotopic (exact) mass is 402 g/mol. The summed E-state index contributed by atoms with van der Waals surface area (Å²) in [5.41, 5.74) is 1.05. The third-order valence-corrected chi connectivity index (χ3v) is 5.72. The molecule has 0 spiro atoms. The van der Waals surface area contributed by atoms with E-state index in [1.54, 1.807) is 7.11 Å². The maximum atomic E-state index is 11.2. The van der Waals surface area contributed by atoms with Gasteiger partial charge >= 0.3 is 134 Å². The molecule has 0 aliphatic rings. The van der Waals surface area contributed by atoms with Crippen LogP contribution in [-0.2, 0) is 4.79 Å². The summed E-state index contributed by atoms with van der Waals surface area (Å²) >= 11 is 4.83. The Bertz CT molecular complexity index is 623. The van der Waals surface area contributed by atoms with Crippen molar-refractivity contribution in [3.8, 4) is 5.75 Å². The third kappa shape index (κ3) is 4.38. The molecule has 0 aliphatic carbocycles. The number of hydrogen-bond donors (Lipinski definition) is 0. The number of benzene rings is 2. The molecule has 0 N–H and O–H groups in total. The van der Waals surface area contributed by atoms with Gasteiger partial charge in [0.1, 0.15) is 0 Å². The van der Waals surface area contributed by atoms with Gasteiger partial charge in [0.15, 0.2) is 0 Å². The van der Waals surface area contributed by atoms with Crippen molar-refractivity contribution in [3.05, 3.63) is 66.2 Å². The molecule has 2 aromatic carbocycles. The Morgan fingerprint density at radius 2 is 1.90 bits per heavy atom. The second-order valence-corrected chi connectivity index (χ2v) is 7.52. The summed E-state index contributed by atoms with van der Waals surface area (Å²) in [6.45, 7) is 0. The van der Waals surface area contributed by atoms with Gasteiger partial charge in [-0.1, -0.05) is 0 Å². The van der Waals surface area contributed by atoms with Crippen molar-refractivity contribution < 1.29 is 9.53 Å². The molecular formula is C16H13ClO2Te. The molecule has 2 nitrogen and oxygen atoms in total. The topological polar surface area (TPSA) is 26.3 Å². The van der Waals surface area contributed by atoms with Crippen molar-refractivity contribution in [2.24, 2.45) is 0 Å². The van der Waals surface area contributed by atoms with Gasteiger partial charge in [0, 0.05) is 0 Å². The molecular weight excluding hydrogens is 387 g/mol. The molecule has 102 valence electrons. The molecule has 2 rings (SSSR count). The molecule has 0 aliphatic heterocycles. The molecule has 0 bridgehead atoms. The van der Waals surface area contributed by atoms with Crippen LogP contribution in [0.5, 0.6) is 5.75 Å². The molecule has 0 radical (unpaired) electrons. The van der Waals surface area contributed by atoms with E-state index in [0.29, 0.717) is 0 Å². The first-order valence-electron chi connectivity index (χ1n) is 5.97. The van der Waals surface area contributed by atoms with Gasteiger partial charge in [-0.25, -0.2) is 0 Å². The van der Waals surface area contributed by atoms with Gasteiger partial charge in [0.2, 0.25) is 0 Å². The normalized spacial score (nSPS) is 11.2. The Morgan fingerprint density at radius 1 is 1.15 bits per heavy atom. The maximum absolute atomic E-state index is 11.2. The predicted octanol–water partition coefficient (Wildman–Crippen LogP) is 2.83. The van der Waals surface area contributed by atoms with E-state index in [2.05, 4.69) is 6.07 Å². The number of carbonyl (C=O) groups is 1. The van der Waals surface area contributed by atoms with Crippen LogP contribution in [-0.4, -0.2) is 33.3 Å². The van der Waals surface area contributed by atoms with E-state index in [4.69, 9.17) is 16.3 Å². The molecule has 0 saturated heterocycles. The minimum absolute atomic E-state index is 0.433. The fourth-order valence-electron chi connectivity index (χ4n) is 1.67. The van der Waals surface area contributed by atoms with Crippen molar-refractivity contribution in [2.75, 3.05) is 7.11 Å². The quantitative estimate of drug-likeness (QED) is 0.438. The number of carbonyl (C=O) groups excluding carboxylic acids is 1. The van der Waals surface area contributed by atoms with E-state index in [9.17, 15) is 4.79 Å². The second-order valence-electron chi connectivity index (χ2n) is 3.96. The van der Waals surface area contributed by atoms with Crippen LogP contribution in [0.25, 0.3) is 3.62 Å². The van der Waals surface area contributed by atoms with Gasteiger partial charge in [-0.2, -0.15) is 0 Å². The fourth-order valence-corrected chi connectivity index (χ4v) is 4.82. The van der Waals surface area contributed by atoms with Gasteiger partial charge in [0.25, 0.3) is 0 Å². The molecule has 0 unspecified atom stereocenters. The summed E-state index contributed by atoms with van der Waals surface area (Å²) in [5, 5.41) is -0.433. The van der Waals surface area contributed by atoms with E-state index in [0.717, 1.165) is 14.9 Å². The van der Waals surface area contributed by atoms with E-state index in [1.165, 1.54) is 9.69 Å². The van der Waals surface area contributed by atoms with Crippen LogP contribution in [0.2, 0.25) is 0 Å². The summed E-state index contributed by atoms with van der Waals surface area (Å²) in [5.74, 6) is 0.831. The predicted molar refractivity (Wildman–Crippen MR) is 83.7 cm³/mol. The molecule has 2 aromatic rings. The standard InChI is InChI=1S/C16H13ClO2Te/c1-19-13-8-5-9-14(10-13)20-15(11-16(17)18)12-6-3-2-4-7-12/h2-11H,1H3/b15-11-. The Balaban J connectivity index is 2.31. The molecule has 0 heterocycles. The Morgan fingerprint density at radius 3 is 2.55 bits per heavy atom. The van der Waals surface area contributed by atoms with E-state index < -0.39 is 26.2 Å². The molecule has 0 amide bonds. The van der Waals surface area contributed by atoms with Crippen molar-refractivity contribution in [1.82, 2.24) is 0 Å². The second kappa shape index (κ2) is 7.50. The molecule has 20 heavy (non-hydrogen) atoms. The first-order valence-corrected chi connectivity index (χ1v) is 8.68. The zero-order valence-corrected chi connectivity index (χ0v) is 14.0. The molecule has 0 aromatic heterocycles. The first kappa shape index (κ1) is 15.1. The molecule has 0 fully saturated rings. The summed E-state index contributed by atoms with van der Waals surface area (Å²) in [4.78, 5) is 11.2. The van der Waals surface area contributed by atoms with Gasteiger partial charge < -0.3 is 0 Å². The number of rotatable bonds is 5. The van der Waals surface area contributed by atoms with Gasteiger partial charge in [-0.05, 0) is 0 Å².